The van der Waals surface area contributed by atoms with Crippen LogP contribution in [-0.4, -0.2) is 5.24 Å². The first-order chi connectivity index (χ1) is 7.92. The molecule has 0 saturated heterocycles. The summed E-state index contributed by atoms with van der Waals surface area (Å²) in [6, 6.07) is 7.95. The largest absolute Gasteiger partial charge is 0.280 e. The topological polar surface area (TPSA) is 17.1 Å². The van der Waals surface area contributed by atoms with E-state index in [1.165, 1.54) is 0 Å². The molecule has 0 heterocycles. The lowest BCUT2D eigenvalue weighted by molar-refractivity contribution is -0.132. The van der Waals surface area contributed by atoms with Gasteiger partial charge in [-0.25, -0.2) is 0 Å². The van der Waals surface area contributed by atoms with Crippen molar-refractivity contribution in [2.45, 2.75) is 26.2 Å². The average Bonchev–Trinajstić information content (AvgIpc) is 2.31. The summed E-state index contributed by atoms with van der Waals surface area (Å²) in [4.78, 5) is 12.0. The van der Waals surface area contributed by atoms with Crippen LogP contribution in [0.4, 0.5) is 0 Å². The zero-order valence-corrected chi connectivity index (χ0v) is 12.5. The average molecular weight is 316 g/mol. The minimum Gasteiger partial charge on any atom is -0.280 e. The molecule has 0 aliphatic heterocycles. The van der Waals surface area contributed by atoms with Crippen molar-refractivity contribution < 1.29 is 4.79 Å². The lowest BCUT2D eigenvalue weighted by atomic mass is 9.46. The maximum absolute atomic E-state index is 12.0. The smallest absolute Gasteiger partial charge is 0.232 e. The Morgan fingerprint density at radius 3 is 2.06 bits per heavy atom. The van der Waals surface area contributed by atoms with Crippen molar-refractivity contribution >= 4 is 32.8 Å². The summed E-state index contributed by atoms with van der Waals surface area (Å²) in [5.41, 5.74) is 0.542. The monoisotopic (exact) mass is 314 g/mol. The fraction of sp³-hybridized carbons (Fsp3) is 0.500. The molecule has 2 atom stereocenters. The predicted molar refractivity (Wildman–Crippen MR) is 74.2 cm³/mol. The van der Waals surface area contributed by atoms with E-state index < -0.39 is 5.41 Å². The molecule has 2 rings (SSSR count). The van der Waals surface area contributed by atoms with E-state index >= 15 is 0 Å². The zero-order chi connectivity index (χ0) is 12.8. The third kappa shape index (κ3) is 1.68. The molecule has 0 bridgehead atoms. The van der Waals surface area contributed by atoms with E-state index in [4.69, 9.17) is 11.6 Å². The maximum atomic E-state index is 12.0. The summed E-state index contributed by atoms with van der Waals surface area (Å²) in [5.74, 6) is 1.12. The van der Waals surface area contributed by atoms with Gasteiger partial charge in [-0.2, -0.15) is 0 Å². The van der Waals surface area contributed by atoms with E-state index in [-0.39, 0.29) is 5.24 Å². The highest BCUT2D eigenvalue weighted by Crippen LogP contribution is 2.58. The molecule has 0 N–H and O–H groups in total. The highest BCUT2D eigenvalue weighted by molar-refractivity contribution is 9.10. The van der Waals surface area contributed by atoms with Crippen LogP contribution in [0.3, 0.4) is 0 Å². The Morgan fingerprint density at radius 2 is 1.65 bits per heavy atom. The molecule has 1 saturated carbocycles. The Balaban J connectivity index is 2.50. The molecule has 1 fully saturated rings. The molecule has 1 aliphatic carbocycles. The van der Waals surface area contributed by atoms with Crippen molar-refractivity contribution in [2.75, 3.05) is 0 Å². The minimum absolute atomic E-state index is 0.224. The van der Waals surface area contributed by atoms with Crippen molar-refractivity contribution in [1.82, 2.24) is 0 Å². The summed E-state index contributed by atoms with van der Waals surface area (Å²) >= 11 is 9.33. The molecule has 3 heteroatoms. The fourth-order valence-corrected chi connectivity index (χ4v) is 4.00. The third-order valence-electron chi connectivity index (χ3n) is 4.66. The van der Waals surface area contributed by atoms with Crippen molar-refractivity contribution in [3.8, 4) is 0 Å². The lowest BCUT2D eigenvalue weighted by Gasteiger charge is -2.56. The first-order valence-electron chi connectivity index (χ1n) is 5.88. The fourth-order valence-electron chi connectivity index (χ4n) is 3.28. The lowest BCUT2D eigenvalue weighted by Crippen LogP contribution is -2.60. The van der Waals surface area contributed by atoms with Gasteiger partial charge in [-0.15, -0.1) is 0 Å². The van der Waals surface area contributed by atoms with Crippen LogP contribution in [0.2, 0.25) is 0 Å². The standard InChI is InChI=1S/C14H16BrClO/c1-8-9(2)14(10(8)3,13(16)17)11-4-6-12(15)7-5-11/h4-10H,1-3H3. The van der Waals surface area contributed by atoms with Crippen LogP contribution < -0.4 is 0 Å². The highest BCUT2D eigenvalue weighted by Gasteiger charge is 2.60. The van der Waals surface area contributed by atoms with E-state index in [9.17, 15) is 4.79 Å². The third-order valence-corrected chi connectivity index (χ3v) is 5.50. The summed E-state index contributed by atoms with van der Waals surface area (Å²) in [5, 5.41) is -0.224. The van der Waals surface area contributed by atoms with Crippen molar-refractivity contribution in [3.05, 3.63) is 34.3 Å². The van der Waals surface area contributed by atoms with Gasteiger partial charge >= 0.3 is 0 Å². The molecule has 2 unspecified atom stereocenters. The summed E-state index contributed by atoms with van der Waals surface area (Å²) in [7, 11) is 0. The number of hydrogen-bond donors (Lipinski definition) is 0. The van der Waals surface area contributed by atoms with Crippen LogP contribution in [0.25, 0.3) is 0 Å². The zero-order valence-electron chi connectivity index (χ0n) is 10.2. The van der Waals surface area contributed by atoms with Crippen molar-refractivity contribution in [3.63, 3.8) is 0 Å². The molecule has 0 amide bonds. The summed E-state index contributed by atoms with van der Waals surface area (Å²) < 4.78 is 1.02. The Morgan fingerprint density at radius 1 is 1.18 bits per heavy atom. The molecule has 92 valence electrons. The first kappa shape index (κ1) is 13.1. The van der Waals surface area contributed by atoms with Gasteiger partial charge in [0.15, 0.2) is 0 Å². The van der Waals surface area contributed by atoms with Gasteiger partial charge in [0.05, 0.1) is 5.41 Å². The van der Waals surface area contributed by atoms with Gasteiger partial charge in [-0.1, -0.05) is 48.8 Å². The minimum atomic E-state index is -0.498. The molecular weight excluding hydrogens is 300 g/mol. The molecule has 0 radical (unpaired) electrons. The number of benzene rings is 1. The second-order valence-corrected chi connectivity index (χ2v) is 6.35. The number of halogens is 2. The Bertz CT molecular complexity index is 430. The van der Waals surface area contributed by atoms with Gasteiger partial charge in [0.25, 0.3) is 0 Å². The van der Waals surface area contributed by atoms with Gasteiger partial charge in [0, 0.05) is 4.47 Å². The maximum Gasteiger partial charge on any atom is 0.232 e. The Hall–Kier alpha value is -0.340. The van der Waals surface area contributed by atoms with Crippen LogP contribution in [0, 0.1) is 17.8 Å². The molecule has 1 aromatic carbocycles. The summed E-state index contributed by atoms with van der Waals surface area (Å²) in [6.45, 7) is 6.42. The number of carbonyl (C=O) groups is 1. The first-order valence-corrected chi connectivity index (χ1v) is 7.05. The van der Waals surface area contributed by atoms with Gasteiger partial charge in [-0.3, -0.25) is 4.79 Å². The van der Waals surface area contributed by atoms with E-state index in [1.807, 2.05) is 24.3 Å². The highest BCUT2D eigenvalue weighted by atomic mass is 79.9. The normalized spacial score (nSPS) is 36.4. The van der Waals surface area contributed by atoms with Crippen LogP contribution in [0.5, 0.6) is 0 Å². The van der Waals surface area contributed by atoms with Crippen LogP contribution in [0.15, 0.2) is 28.7 Å². The molecular formula is C14H16BrClO. The molecule has 1 nitrogen and oxygen atoms in total. The van der Waals surface area contributed by atoms with Gasteiger partial charge < -0.3 is 0 Å². The SMILES string of the molecule is CC1C(C)C(C(=O)Cl)(c2ccc(Br)cc2)C1C. The van der Waals surface area contributed by atoms with Crippen molar-refractivity contribution in [1.29, 1.82) is 0 Å². The number of carbonyl (C=O) groups excluding carboxylic acids is 1. The van der Waals surface area contributed by atoms with Crippen LogP contribution in [-0.2, 0) is 10.2 Å². The van der Waals surface area contributed by atoms with E-state index in [1.54, 1.807) is 0 Å². The second-order valence-electron chi connectivity index (χ2n) is 5.09. The molecule has 1 aromatic rings. The Kier molecular flexibility index (Phi) is 3.39. The quantitative estimate of drug-likeness (QED) is 0.740. The second kappa shape index (κ2) is 4.40. The van der Waals surface area contributed by atoms with E-state index in [2.05, 4.69) is 36.7 Å². The molecule has 1 aliphatic rings. The molecule has 17 heavy (non-hydrogen) atoms. The summed E-state index contributed by atoms with van der Waals surface area (Å²) in [6.07, 6.45) is 0. The predicted octanol–water partition coefficient (Wildman–Crippen LogP) is 4.37. The number of rotatable bonds is 2. The van der Waals surface area contributed by atoms with E-state index in [0.717, 1.165) is 10.0 Å². The van der Waals surface area contributed by atoms with E-state index in [0.29, 0.717) is 17.8 Å². The van der Waals surface area contributed by atoms with Gasteiger partial charge in [0.2, 0.25) is 5.24 Å². The van der Waals surface area contributed by atoms with Crippen LogP contribution in [0.1, 0.15) is 26.3 Å². The molecule has 0 aromatic heterocycles. The van der Waals surface area contributed by atoms with Gasteiger partial charge in [-0.05, 0) is 47.1 Å². The molecule has 0 spiro atoms. The number of hydrogen-bond acceptors (Lipinski definition) is 1. The van der Waals surface area contributed by atoms with Crippen molar-refractivity contribution in [2.24, 2.45) is 17.8 Å². The Labute approximate surface area is 116 Å². The van der Waals surface area contributed by atoms with Gasteiger partial charge in [0.1, 0.15) is 0 Å². The van der Waals surface area contributed by atoms with Crippen LogP contribution >= 0.6 is 27.5 Å².